The first-order chi connectivity index (χ1) is 24.4. The minimum atomic E-state index is -2.78. The fourth-order valence-electron chi connectivity index (χ4n) is 6.07. The highest BCUT2D eigenvalue weighted by atomic mass is 19.3. The van der Waals surface area contributed by atoms with Gasteiger partial charge < -0.3 is 14.4 Å². The number of halogens is 4. The second-order valence-corrected chi connectivity index (χ2v) is 14.7. The molecule has 51 heavy (non-hydrogen) atoms. The van der Waals surface area contributed by atoms with Gasteiger partial charge in [-0.2, -0.15) is 0 Å². The lowest BCUT2D eigenvalue weighted by Gasteiger charge is -2.17. The highest BCUT2D eigenvalue weighted by molar-refractivity contribution is 5.69. The summed E-state index contributed by atoms with van der Waals surface area (Å²) in [6, 6.07) is 0. The number of hydrogen-bond acceptors (Lipinski definition) is 5. The van der Waals surface area contributed by atoms with Crippen molar-refractivity contribution in [1.29, 1.82) is 0 Å². The number of ether oxygens (including phenoxy) is 2. The Hall–Kier alpha value is -1.90. The number of alkyl halides is 4. The van der Waals surface area contributed by atoms with Crippen LogP contribution < -0.4 is 0 Å². The third-order valence-corrected chi connectivity index (χ3v) is 9.25. The molecule has 0 rings (SSSR count). The van der Waals surface area contributed by atoms with Crippen LogP contribution in [-0.2, 0) is 19.1 Å². The van der Waals surface area contributed by atoms with Gasteiger partial charge in [-0.15, -0.1) is 0 Å². The highest BCUT2D eigenvalue weighted by Gasteiger charge is 2.24. The van der Waals surface area contributed by atoms with Crippen molar-refractivity contribution in [3.05, 3.63) is 24.3 Å². The molecule has 0 aromatic heterocycles. The maximum Gasteiger partial charge on any atom is 0.305 e. The SMILES string of the molecule is CCCCC(F)(F)/C=C\CCOC(=O)CCCCCCCC(CCCCCCCC(=O)OCC/C=C\C(F)(F)CCCC)CCCCCN(C)C. The van der Waals surface area contributed by atoms with Gasteiger partial charge in [0.15, 0.2) is 0 Å². The largest absolute Gasteiger partial charge is 0.465 e. The van der Waals surface area contributed by atoms with Crippen LogP contribution in [0.5, 0.6) is 0 Å². The van der Waals surface area contributed by atoms with Gasteiger partial charge in [0.05, 0.1) is 13.2 Å². The van der Waals surface area contributed by atoms with E-state index in [1.54, 1.807) is 0 Å². The highest BCUT2D eigenvalue weighted by Crippen LogP contribution is 2.26. The molecule has 0 aliphatic rings. The van der Waals surface area contributed by atoms with E-state index in [4.69, 9.17) is 9.47 Å². The molecule has 0 aromatic carbocycles. The zero-order valence-electron chi connectivity index (χ0n) is 33.0. The number of carbonyl (C=O) groups excluding carboxylic acids is 2. The molecule has 0 heterocycles. The quantitative estimate of drug-likeness (QED) is 0.0278. The molecule has 9 heteroatoms. The fourth-order valence-corrected chi connectivity index (χ4v) is 6.07. The van der Waals surface area contributed by atoms with E-state index >= 15 is 0 Å². The lowest BCUT2D eigenvalue weighted by atomic mass is 9.89. The monoisotopic (exact) mass is 734 g/mol. The molecular formula is C42H75F4NO4. The van der Waals surface area contributed by atoms with Crippen LogP contribution in [0.2, 0.25) is 0 Å². The first-order valence-corrected chi connectivity index (χ1v) is 20.5. The molecule has 0 aliphatic heterocycles. The van der Waals surface area contributed by atoms with Crippen LogP contribution in [0.15, 0.2) is 24.3 Å². The van der Waals surface area contributed by atoms with Crippen LogP contribution >= 0.6 is 0 Å². The third-order valence-electron chi connectivity index (χ3n) is 9.25. The topological polar surface area (TPSA) is 55.8 Å². The standard InChI is InChI=1S/C42H75F4NO4/c1-5-7-31-41(43,44)33-21-24-36-50-39(48)29-19-13-9-11-16-26-38(28-18-15-23-35-47(3)4)27-17-12-10-14-20-30-40(49)51-37-25-22-34-42(45,46)32-8-6-2/h21-22,33-34,38H,5-20,23-32,35-37H2,1-4H3/b33-21-,34-22-. The molecule has 0 radical (unpaired) electrons. The maximum absolute atomic E-state index is 13.6. The summed E-state index contributed by atoms with van der Waals surface area (Å²) in [4.78, 5) is 26.2. The van der Waals surface area contributed by atoms with Gasteiger partial charge >= 0.3 is 11.9 Å². The van der Waals surface area contributed by atoms with Crippen molar-refractivity contribution in [2.45, 2.75) is 193 Å². The Morgan fingerprint density at radius 2 is 0.941 bits per heavy atom. The second kappa shape index (κ2) is 32.7. The van der Waals surface area contributed by atoms with Gasteiger partial charge in [-0.05, 0) is 83.7 Å². The van der Waals surface area contributed by atoms with Crippen molar-refractivity contribution in [2.75, 3.05) is 33.9 Å². The summed E-state index contributed by atoms with van der Waals surface area (Å²) in [5, 5.41) is 0. The van der Waals surface area contributed by atoms with Crippen molar-refractivity contribution in [2.24, 2.45) is 5.92 Å². The number of unbranched alkanes of at least 4 members (excludes halogenated alkanes) is 12. The Balaban J connectivity index is 4.12. The van der Waals surface area contributed by atoms with E-state index in [2.05, 4.69) is 19.0 Å². The predicted octanol–water partition coefficient (Wildman–Crippen LogP) is 12.8. The van der Waals surface area contributed by atoms with Gasteiger partial charge in [0, 0.05) is 25.7 Å². The van der Waals surface area contributed by atoms with Crippen molar-refractivity contribution >= 4 is 11.9 Å². The molecule has 0 aliphatic carbocycles. The molecule has 0 amide bonds. The van der Waals surface area contributed by atoms with E-state index in [1.807, 2.05) is 13.8 Å². The first kappa shape index (κ1) is 49.1. The number of nitrogens with zero attached hydrogens (tertiary/aromatic N) is 1. The van der Waals surface area contributed by atoms with Crippen LogP contribution in [0.3, 0.4) is 0 Å². The average Bonchev–Trinajstić information content (AvgIpc) is 3.07. The Labute approximate surface area is 309 Å². The Morgan fingerprint density at radius 1 is 0.569 bits per heavy atom. The second-order valence-electron chi connectivity index (χ2n) is 14.7. The third kappa shape index (κ3) is 34.9. The maximum atomic E-state index is 13.6. The van der Waals surface area contributed by atoms with Crippen molar-refractivity contribution in [3.8, 4) is 0 Å². The van der Waals surface area contributed by atoms with Gasteiger partial charge in [0.25, 0.3) is 11.8 Å². The molecule has 5 nitrogen and oxygen atoms in total. The van der Waals surface area contributed by atoms with Crippen LogP contribution in [0.4, 0.5) is 17.6 Å². The molecule has 0 unspecified atom stereocenters. The Morgan fingerprint density at radius 3 is 1.33 bits per heavy atom. The van der Waals surface area contributed by atoms with Gasteiger partial charge in [-0.3, -0.25) is 9.59 Å². The average molecular weight is 734 g/mol. The zero-order valence-corrected chi connectivity index (χ0v) is 33.0. The molecule has 0 spiro atoms. The van der Waals surface area contributed by atoms with E-state index < -0.39 is 11.8 Å². The Bertz CT molecular complexity index is 832. The van der Waals surface area contributed by atoms with E-state index in [9.17, 15) is 27.2 Å². The number of hydrogen-bond donors (Lipinski definition) is 0. The van der Waals surface area contributed by atoms with Crippen LogP contribution in [0, 0.1) is 5.92 Å². The summed E-state index contributed by atoms with van der Waals surface area (Å²) in [5.41, 5.74) is 0. The minimum absolute atomic E-state index is 0.141. The van der Waals surface area contributed by atoms with Gasteiger partial charge in [0.1, 0.15) is 0 Å². The number of carbonyl (C=O) groups is 2. The Kier molecular flexibility index (Phi) is 31.5. The predicted molar refractivity (Wildman–Crippen MR) is 204 cm³/mol. The summed E-state index contributed by atoms with van der Waals surface area (Å²) in [6.45, 7) is 5.22. The summed E-state index contributed by atoms with van der Waals surface area (Å²) in [7, 11) is 4.24. The van der Waals surface area contributed by atoms with Crippen LogP contribution in [-0.4, -0.2) is 62.5 Å². The molecule has 0 fully saturated rings. The van der Waals surface area contributed by atoms with Gasteiger partial charge in [-0.25, -0.2) is 17.6 Å². The zero-order chi connectivity index (χ0) is 38.1. The minimum Gasteiger partial charge on any atom is -0.465 e. The van der Waals surface area contributed by atoms with Gasteiger partial charge in [-0.1, -0.05) is 122 Å². The van der Waals surface area contributed by atoms with Crippen molar-refractivity contribution < 1.29 is 36.6 Å². The normalized spacial score (nSPS) is 12.6. The van der Waals surface area contributed by atoms with Crippen molar-refractivity contribution in [3.63, 3.8) is 0 Å². The number of rotatable bonds is 36. The molecule has 0 atom stereocenters. The molecule has 0 N–H and O–H groups in total. The fraction of sp³-hybridized carbons (Fsp3) is 0.857. The molecule has 0 saturated carbocycles. The molecule has 300 valence electrons. The first-order valence-electron chi connectivity index (χ1n) is 20.5. The summed E-state index contributed by atoms with van der Waals surface area (Å²) in [5.74, 6) is -5.31. The van der Waals surface area contributed by atoms with Crippen LogP contribution in [0.1, 0.15) is 181 Å². The van der Waals surface area contributed by atoms with E-state index in [0.717, 1.165) is 76.0 Å². The molecular weight excluding hydrogens is 658 g/mol. The van der Waals surface area contributed by atoms with Gasteiger partial charge in [0.2, 0.25) is 0 Å². The number of allylic oxidation sites excluding steroid dienone is 2. The lowest BCUT2D eigenvalue weighted by Crippen LogP contribution is -2.12. The summed E-state index contributed by atoms with van der Waals surface area (Å²) >= 11 is 0. The smallest absolute Gasteiger partial charge is 0.305 e. The molecule has 0 bridgehead atoms. The van der Waals surface area contributed by atoms with E-state index in [-0.39, 0.29) is 38.0 Å². The van der Waals surface area contributed by atoms with Crippen LogP contribution in [0.25, 0.3) is 0 Å². The number of esters is 2. The summed E-state index contributed by atoms with van der Waals surface area (Å²) in [6.07, 6.45) is 26.4. The van der Waals surface area contributed by atoms with E-state index in [1.165, 1.54) is 76.4 Å². The summed E-state index contributed by atoms with van der Waals surface area (Å²) < 4.78 is 64.9. The van der Waals surface area contributed by atoms with Crippen molar-refractivity contribution in [1.82, 2.24) is 4.90 Å². The molecule has 0 saturated heterocycles. The molecule has 0 aromatic rings. The van der Waals surface area contributed by atoms with E-state index in [0.29, 0.717) is 38.5 Å². The lowest BCUT2D eigenvalue weighted by molar-refractivity contribution is -0.144.